The molecule has 1 heterocycles. The van der Waals surface area contributed by atoms with E-state index in [-0.39, 0.29) is 10.7 Å². The van der Waals surface area contributed by atoms with Gasteiger partial charge in [0.25, 0.3) is 0 Å². The summed E-state index contributed by atoms with van der Waals surface area (Å²) >= 11 is 6.28. The fraction of sp³-hybridized carbons (Fsp3) is 0.259. The van der Waals surface area contributed by atoms with Gasteiger partial charge in [-0.05, 0) is 40.5 Å². The third-order valence-corrected chi connectivity index (χ3v) is 8.48. The van der Waals surface area contributed by atoms with Gasteiger partial charge in [-0.15, -0.1) is 0 Å². The predicted molar refractivity (Wildman–Crippen MR) is 122 cm³/mol. The third kappa shape index (κ3) is 2.34. The number of hydrogen-bond acceptors (Lipinski definition) is 2. The average molecular weight is 482 g/mol. The van der Waals surface area contributed by atoms with Gasteiger partial charge in [-0.1, -0.05) is 74.0 Å². The fourth-order valence-electron chi connectivity index (χ4n) is 6.67. The standard InChI is InChI=1S/C27H19ClF3NO2/c1-25-15-7-3-5-9-17(15)26(2,18-10-6-4-8-16(18)25)22-21(25)23(33)32(24(22)34)20-13-14(27(29,30)31)11-12-19(20)28/h3-13,21-22H,1-2H3/t21-,22+,25?,26?. The molecule has 1 aliphatic heterocycles. The van der Waals surface area contributed by atoms with Crippen molar-refractivity contribution in [1.29, 1.82) is 0 Å². The summed E-state index contributed by atoms with van der Waals surface area (Å²) < 4.78 is 40.4. The average Bonchev–Trinajstić information content (AvgIpc) is 3.08. The van der Waals surface area contributed by atoms with E-state index in [1.807, 2.05) is 62.4 Å². The van der Waals surface area contributed by atoms with E-state index in [2.05, 4.69) is 0 Å². The molecule has 3 aromatic carbocycles. The fourth-order valence-corrected chi connectivity index (χ4v) is 6.87. The summed E-state index contributed by atoms with van der Waals surface area (Å²) in [5, 5.41) is -0.0778. The van der Waals surface area contributed by atoms with Crippen LogP contribution >= 0.6 is 11.6 Å². The lowest BCUT2D eigenvalue weighted by Crippen LogP contribution is -2.59. The second-order valence-electron chi connectivity index (χ2n) is 9.63. The summed E-state index contributed by atoms with van der Waals surface area (Å²) in [4.78, 5) is 28.9. The highest BCUT2D eigenvalue weighted by atomic mass is 35.5. The number of rotatable bonds is 1. The van der Waals surface area contributed by atoms with Gasteiger partial charge in [0.05, 0.1) is 28.1 Å². The predicted octanol–water partition coefficient (Wildman–Crippen LogP) is 6.10. The van der Waals surface area contributed by atoms with Gasteiger partial charge in [0.1, 0.15) is 0 Å². The minimum atomic E-state index is -4.64. The van der Waals surface area contributed by atoms with Crippen LogP contribution in [0, 0.1) is 11.8 Å². The highest BCUT2D eigenvalue weighted by Gasteiger charge is 2.70. The number of benzene rings is 3. The first-order valence-electron chi connectivity index (χ1n) is 11.0. The molecule has 0 saturated carbocycles. The maximum atomic E-state index is 14.0. The molecule has 1 fully saturated rings. The highest BCUT2D eigenvalue weighted by Crippen LogP contribution is 2.66. The number of carbonyl (C=O) groups is 2. The molecule has 0 spiro atoms. The number of nitrogens with zero attached hydrogens (tertiary/aromatic N) is 1. The molecule has 1 saturated heterocycles. The van der Waals surface area contributed by atoms with Crippen molar-refractivity contribution in [2.75, 3.05) is 4.90 Å². The Bertz CT molecular complexity index is 1290. The summed E-state index contributed by atoms with van der Waals surface area (Å²) in [5.74, 6) is -2.57. The SMILES string of the molecule is CC12c3ccccc3C(C)(c3ccccc31)[C@H]1C(=O)N(c3cc(C(F)(F)F)ccc3Cl)C(=O)[C@H]12. The van der Waals surface area contributed by atoms with Crippen LogP contribution in [0.5, 0.6) is 0 Å². The molecule has 2 bridgehead atoms. The minimum absolute atomic E-state index is 0.0778. The maximum Gasteiger partial charge on any atom is 0.416 e. The zero-order chi connectivity index (χ0) is 24.2. The molecule has 7 rings (SSSR count). The Morgan fingerprint density at radius 2 is 1.18 bits per heavy atom. The summed E-state index contributed by atoms with van der Waals surface area (Å²) in [6, 6.07) is 18.3. The van der Waals surface area contributed by atoms with E-state index in [1.165, 1.54) is 0 Å². The number of hydrogen-bond donors (Lipinski definition) is 0. The largest absolute Gasteiger partial charge is 0.416 e. The van der Waals surface area contributed by atoms with Crippen molar-refractivity contribution in [2.24, 2.45) is 11.8 Å². The zero-order valence-electron chi connectivity index (χ0n) is 18.3. The van der Waals surface area contributed by atoms with E-state index >= 15 is 0 Å². The van der Waals surface area contributed by atoms with Crippen LogP contribution in [0.2, 0.25) is 5.02 Å². The number of amides is 2. The molecule has 3 aliphatic carbocycles. The Labute approximate surface area is 199 Å². The first-order chi connectivity index (χ1) is 16.0. The Morgan fingerprint density at radius 1 is 0.765 bits per heavy atom. The second kappa shape index (κ2) is 6.51. The van der Waals surface area contributed by atoms with Crippen LogP contribution in [0.15, 0.2) is 66.7 Å². The molecule has 172 valence electrons. The number of carbonyl (C=O) groups excluding carboxylic acids is 2. The summed E-state index contributed by atoms with van der Waals surface area (Å²) in [7, 11) is 0. The molecule has 2 atom stereocenters. The van der Waals surface area contributed by atoms with Crippen LogP contribution in [-0.4, -0.2) is 11.8 Å². The Morgan fingerprint density at radius 3 is 1.56 bits per heavy atom. The van der Waals surface area contributed by atoms with Gasteiger partial charge in [0, 0.05) is 10.8 Å². The lowest BCUT2D eigenvalue weighted by Gasteiger charge is -2.57. The van der Waals surface area contributed by atoms with Crippen molar-refractivity contribution in [1.82, 2.24) is 0 Å². The highest BCUT2D eigenvalue weighted by molar-refractivity contribution is 6.36. The van der Waals surface area contributed by atoms with E-state index in [0.29, 0.717) is 0 Å². The summed E-state index contributed by atoms with van der Waals surface area (Å²) in [6.45, 7) is 3.92. The molecule has 4 aliphatic rings. The molecule has 0 N–H and O–H groups in total. The summed E-state index contributed by atoms with van der Waals surface area (Å²) in [6.07, 6.45) is -4.64. The quantitative estimate of drug-likeness (QED) is 0.394. The van der Waals surface area contributed by atoms with Crippen molar-refractivity contribution in [3.63, 3.8) is 0 Å². The van der Waals surface area contributed by atoms with Crippen LogP contribution in [0.4, 0.5) is 18.9 Å². The Hall–Kier alpha value is -3.12. The van der Waals surface area contributed by atoms with Gasteiger partial charge in [-0.3, -0.25) is 9.59 Å². The van der Waals surface area contributed by atoms with Crippen LogP contribution in [0.1, 0.15) is 41.7 Å². The van der Waals surface area contributed by atoms with Gasteiger partial charge < -0.3 is 0 Å². The minimum Gasteiger partial charge on any atom is -0.274 e. The molecular formula is C27H19ClF3NO2. The normalized spacial score (nSPS) is 29.2. The van der Waals surface area contributed by atoms with Crippen molar-refractivity contribution in [3.8, 4) is 0 Å². The molecule has 7 heteroatoms. The second-order valence-corrected chi connectivity index (χ2v) is 10.0. The number of halogens is 4. The van der Waals surface area contributed by atoms with Gasteiger partial charge in [0.15, 0.2) is 0 Å². The number of alkyl halides is 3. The van der Waals surface area contributed by atoms with Gasteiger partial charge in [-0.2, -0.15) is 13.2 Å². The number of anilines is 1. The topological polar surface area (TPSA) is 37.4 Å². The lowest BCUT2D eigenvalue weighted by molar-refractivity contribution is -0.137. The maximum absolute atomic E-state index is 14.0. The van der Waals surface area contributed by atoms with E-state index < -0.39 is 46.2 Å². The van der Waals surface area contributed by atoms with E-state index in [4.69, 9.17) is 11.6 Å². The molecule has 0 radical (unpaired) electrons. The smallest absolute Gasteiger partial charge is 0.274 e. The van der Waals surface area contributed by atoms with Crippen LogP contribution in [0.3, 0.4) is 0 Å². The third-order valence-electron chi connectivity index (χ3n) is 8.16. The van der Waals surface area contributed by atoms with E-state index in [9.17, 15) is 22.8 Å². The van der Waals surface area contributed by atoms with Gasteiger partial charge >= 0.3 is 6.18 Å². The molecule has 3 nitrogen and oxygen atoms in total. The molecule has 34 heavy (non-hydrogen) atoms. The van der Waals surface area contributed by atoms with E-state index in [1.54, 1.807) is 0 Å². The zero-order valence-corrected chi connectivity index (χ0v) is 19.0. The van der Waals surface area contributed by atoms with Crippen molar-refractivity contribution >= 4 is 29.1 Å². The van der Waals surface area contributed by atoms with Gasteiger partial charge in [0.2, 0.25) is 11.8 Å². The lowest BCUT2D eigenvalue weighted by atomic mass is 9.42. The monoisotopic (exact) mass is 481 g/mol. The van der Waals surface area contributed by atoms with Crippen molar-refractivity contribution < 1.29 is 22.8 Å². The Kier molecular flexibility index (Phi) is 4.10. The molecular weight excluding hydrogens is 463 g/mol. The molecule has 0 unspecified atom stereocenters. The van der Waals surface area contributed by atoms with Crippen LogP contribution in [-0.2, 0) is 26.6 Å². The molecule has 2 amide bonds. The summed E-state index contributed by atoms with van der Waals surface area (Å²) in [5.41, 5.74) is 1.06. The van der Waals surface area contributed by atoms with Crippen molar-refractivity contribution in [2.45, 2.75) is 30.9 Å². The van der Waals surface area contributed by atoms with Crippen LogP contribution < -0.4 is 4.90 Å². The van der Waals surface area contributed by atoms with Crippen molar-refractivity contribution in [3.05, 3.63) is 99.6 Å². The van der Waals surface area contributed by atoms with Gasteiger partial charge in [-0.25, -0.2) is 4.90 Å². The number of imide groups is 1. The molecule has 0 aromatic heterocycles. The van der Waals surface area contributed by atoms with Crippen LogP contribution in [0.25, 0.3) is 0 Å². The first kappa shape index (κ1) is 21.4. The molecule has 3 aromatic rings. The first-order valence-corrected chi connectivity index (χ1v) is 11.3. The van der Waals surface area contributed by atoms with E-state index in [0.717, 1.165) is 45.4 Å². The Balaban J connectivity index is 1.62.